The van der Waals surface area contributed by atoms with Gasteiger partial charge in [0.05, 0.1) is 12.3 Å². The first-order chi connectivity index (χ1) is 11.3. The fourth-order valence-electron chi connectivity index (χ4n) is 2.51. The van der Waals surface area contributed by atoms with Crippen molar-refractivity contribution in [2.45, 2.75) is 5.92 Å². The first-order valence-corrected chi connectivity index (χ1v) is 7.55. The van der Waals surface area contributed by atoms with Crippen LogP contribution in [0, 0.1) is 0 Å². The normalized spacial score (nSPS) is 16.4. The number of para-hydroxylation sites is 1. The van der Waals surface area contributed by atoms with Gasteiger partial charge in [-0.1, -0.05) is 18.2 Å². The fraction of sp³-hybridized carbons (Fsp3) is 0.222. The molecular weight excluding hydrogens is 290 g/mol. The zero-order chi connectivity index (χ0) is 16.1. The van der Waals surface area contributed by atoms with Crippen LogP contribution in [0.1, 0.15) is 11.5 Å². The number of anilines is 2. The lowest BCUT2D eigenvalue weighted by Crippen LogP contribution is -2.12. The standard InChI is InChI=1S/C18H19N3O2/c1-23-11-10-19-13-6-8-14(9-7-13)20-12-16-15-4-2-3-5-17(15)21-18(16)22/h2-9,12,16,19H,10-11H2,1H3,(H,21,22). The number of carbonyl (C=O) groups excluding carboxylic acids is 1. The van der Waals surface area contributed by atoms with Crippen LogP contribution in [0.25, 0.3) is 0 Å². The van der Waals surface area contributed by atoms with E-state index in [9.17, 15) is 4.79 Å². The molecule has 0 aliphatic carbocycles. The summed E-state index contributed by atoms with van der Waals surface area (Å²) >= 11 is 0. The van der Waals surface area contributed by atoms with E-state index < -0.39 is 0 Å². The predicted molar refractivity (Wildman–Crippen MR) is 92.8 cm³/mol. The Balaban J connectivity index is 1.67. The number of ether oxygens (including phenoxy) is 1. The van der Waals surface area contributed by atoms with Crippen molar-refractivity contribution in [1.82, 2.24) is 0 Å². The molecule has 23 heavy (non-hydrogen) atoms. The highest BCUT2D eigenvalue weighted by Crippen LogP contribution is 2.31. The van der Waals surface area contributed by atoms with Gasteiger partial charge in [0.2, 0.25) is 5.91 Å². The molecule has 1 amide bonds. The zero-order valence-corrected chi connectivity index (χ0v) is 13.0. The Morgan fingerprint density at radius 2 is 2.00 bits per heavy atom. The van der Waals surface area contributed by atoms with Crippen molar-refractivity contribution < 1.29 is 9.53 Å². The highest BCUT2D eigenvalue weighted by Gasteiger charge is 2.28. The molecule has 0 radical (unpaired) electrons. The highest BCUT2D eigenvalue weighted by molar-refractivity contribution is 6.12. The van der Waals surface area contributed by atoms with E-state index in [2.05, 4.69) is 15.6 Å². The van der Waals surface area contributed by atoms with Crippen LogP contribution in [0.5, 0.6) is 0 Å². The first-order valence-electron chi connectivity index (χ1n) is 7.55. The lowest BCUT2D eigenvalue weighted by atomic mass is 10.0. The van der Waals surface area contributed by atoms with E-state index in [-0.39, 0.29) is 11.8 Å². The Morgan fingerprint density at radius 1 is 1.22 bits per heavy atom. The van der Waals surface area contributed by atoms with Gasteiger partial charge in [-0.25, -0.2) is 0 Å². The Kier molecular flexibility index (Phi) is 4.68. The highest BCUT2D eigenvalue weighted by atomic mass is 16.5. The second-order valence-corrected chi connectivity index (χ2v) is 5.30. The molecule has 5 heteroatoms. The Labute approximate surface area is 135 Å². The fourth-order valence-corrected chi connectivity index (χ4v) is 2.51. The van der Waals surface area contributed by atoms with E-state index >= 15 is 0 Å². The molecule has 0 spiro atoms. The Hall–Kier alpha value is -2.66. The van der Waals surface area contributed by atoms with Crippen molar-refractivity contribution in [3.05, 3.63) is 54.1 Å². The summed E-state index contributed by atoms with van der Waals surface area (Å²) in [5.41, 5.74) is 3.68. The summed E-state index contributed by atoms with van der Waals surface area (Å²) < 4.78 is 5.00. The van der Waals surface area contributed by atoms with E-state index in [4.69, 9.17) is 4.74 Å². The van der Waals surface area contributed by atoms with Crippen molar-refractivity contribution in [1.29, 1.82) is 0 Å². The zero-order valence-electron chi connectivity index (χ0n) is 13.0. The Morgan fingerprint density at radius 3 is 2.78 bits per heavy atom. The minimum Gasteiger partial charge on any atom is -0.383 e. The number of fused-ring (bicyclic) bond motifs is 1. The van der Waals surface area contributed by atoms with Gasteiger partial charge in [-0.15, -0.1) is 0 Å². The molecule has 3 rings (SSSR count). The van der Waals surface area contributed by atoms with Crippen molar-refractivity contribution in [3.8, 4) is 0 Å². The van der Waals surface area contributed by atoms with Crippen molar-refractivity contribution in [3.63, 3.8) is 0 Å². The van der Waals surface area contributed by atoms with E-state index in [1.54, 1.807) is 13.3 Å². The minimum absolute atomic E-state index is 0.0344. The summed E-state index contributed by atoms with van der Waals surface area (Å²) in [7, 11) is 1.68. The average molecular weight is 309 g/mol. The Bertz CT molecular complexity index is 710. The monoisotopic (exact) mass is 309 g/mol. The molecule has 118 valence electrons. The maximum absolute atomic E-state index is 12.0. The van der Waals surface area contributed by atoms with Gasteiger partial charge in [0, 0.05) is 31.2 Å². The number of rotatable bonds is 6. The first kappa shape index (κ1) is 15.2. The van der Waals surface area contributed by atoms with Gasteiger partial charge < -0.3 is 15.4 Å². The molecule has 0 saturated carbocycles. The predicted octanol–water partition coefficient (Wildman–Crippen LogP) is 3.18. The van der Waals surface area contributed by atoms with Crippen LogP contribution in [0.2, 0.25) is 0 Å². The number of benzene rings is 2. The molecule has 0 aromatic heterocycles. The lowest BCUT2D eigenvalue weighted by Gasteiger charge is -2.05. The van der Waals surface area contributed by atoms with Crippen molar-refractivity contribution in [2.24, 2.45) is 4.99 Å². The minimum atomic E-state index is -0.328. The summed E-state index contributed by atoms with van der Waals surface area (Å²) in [6.07, 6.45) is 1.70. The topological polar surface area (TPSA) is 62.7 Å². The second-order valence-electron chi connectivity index (χ2n) is 5.30. The number of nitrogens with one attached hydrogen (secondary N) is 2. The van der Waals surface area contributed by atoms with Crippen LogP contribution in [-0.2, 0) is 9.53 Å². The lowest BCUT2D eigenvalue weighted by molar-refractivity contribution is -0.115. The van der Waals surface area contributed by atoms with Crippen LogP contribution >= 0.6 is 0 Å². The molecule has 1 aliphatic heterocycles. The molecule has 0 saturated heterocycles. The second kappa shape index (κ2) is 7.07. The molecule has 1 aliphatic rings. The summed E-state index contributed by atoms with van der Waals surface area (Å²) in [6.45, 7) is 1.42. The molecule has 5 nitrogen and oxygen atoms in total. The van der Waals surface area contributed by atoms with Gasteiger partial charge in [-0.3, -0.25) is 9.79 Å². The number of methoxy groups -OCH3 is 1. The third-order valence-corrected chi connectivity index (χ3v) is 3.71. The molecule has 2 aromatic rings. The summed E-state index contributed by atoms with van der Waals surface area (Å²) in [4.78, 5) is 16.5. The molecule has 0 fully saturated rings. The van der Waals surface area contributed by atoms with Crippen molar-refractivity contribution in [2.75, 3.05) is 30.9 Å². The summed E-state index contributed by atoms with van der Waals surface area (Å²) in [5.74, 6) is -0.362. The van der Waals surface area contributed by atoms with Gasteiger partial charge in [0.15, 0.2) is 0 Å². The van der Waals surface area contributed by atoms with Gasteiger partial charge in [0.1, 0.15) is 5.92 Å². The summed E-state index contributed by atoms with van der Waals surface area (Å²) in [6, 6.07) is 15.5. The summed E-state index contributed by atoms with van der Waals surface area (Å²) in [5, 5.41) is 6.12. The maximum Gasteiger partial charge on any atom is 0.237 e. The van der Waals surface area contributed by atoms with Gasteiger partial charge in [-0.05, 0) is 35.9 Å². The largest absolute Gasteiger partial charge is 0.383 e. The third-order valence-electron chi connectivity index (χ3n) is 3.71. The molecule has 1 unspecified atom stereocenters. The van der Waals surface area contributed by atoms with Crippen LogP contribution in [0.3, 0.4) is 0 Å². The van der Waals surface area contributed by atoms with E-state index in [0.29, 0.717) is 6.61 Å². The molecule has 0 bridgehead atoms. The number of nitrogens with zero attached hydrogens (tertiary/aromatic N) is 1. The molecule has 2 aromatic carbocycles. The van der Waals surface area contributed by atoms with Crippen LogP contribution in [-0.4, -0.2) is 32.4 Å². The van der Waals surface area contributed by atoms with Crippen LogP contribution in [0.15, 0.2) is 53.5 Å². The SMILES string of the molecule is COCCNc1ccc(N=CC2C(=O)Nc3ccccc32)cc1. The van der Waals surface area contributed by atoms with Gasteiger partial charge >= 0.3 is 0 Å². The molecule has 1 atom stereocenters. The molecule has 2 N–H and O–H groups in total. The quantitative estimate of drug-likeness (QED) is 0.636. The average Bonchev–Trinajstić information content (AvgIpc) is 2.90. The van der Waals surface area contributed by atoms with Crippen molar-refractivity contribution >= 4 is 29.2 Å². The smallest absolute Gasteiger partial charge is 0.237 e. The van der Waals surface area contributed by atoms with E-state index in [1.807, 2.05) is 48.5 Å². The molecular formula is C18H19N3O2. The number of aliphatic imine (C=N–C) groups is 1. The van der Waals surface area contributed by atoms with Gasteiger partial charge in [0.25, 0.3) is 0 Å². The number of amides is 1. The van der Waals surface area contributed by atoms with E-state index in [0.717, 1.165) is 29.2 Å². The number of carbonyl (C=O) groups is 1. The number of hydrogen-bond donors (Lipinski definition) is 2. The number of hydrogen-bond acceptors (Lipinski definition) is 4. The van der Waals surface area contributed by atoms with Gasteiger partial charge in [-0.2, -0.15) is 0 Å². The van der Waals surface area contributed by atoms with E-state index in [1.165, 1.54) is 0 Å². The third kappa shape index (κ3) is 3.57. The maximum atomic E-state index is 12.0. The molecule has 1 heterocycles. The van der Waals surface area contributed by atoms with Crippen LogP contribution in [0.4, 0.5) is 17.1 Å². The van der Waals surface area contributed by atoms with Crippen LogP contribution < -0.4 is 10.6 Å².